The molecule has 0 aromatic carbocycles. The highest BCUT2D eigenvalue weighted by molar-refractivity contribution is 5.42. The maximum atomic E-state index is 13.5. The summed E-state index contributed by atoms with van der Waals surface area (Å²) in [6.07, 6.45) is 2.34. The van der Waals surface area contributed by atoms with Gasteiger partial charge in [0, 0.05) is 13.6 Å². The summed E-state index contributed by atoms with van der Waals surface area (Å²) >= 11 is 0. The van der Waals surface area contributed by atoms with Crippen LogP contribution in [0.4, 0.5) is 16.2 Å². The fraction of sp³-hybridized carbons (Fsp3) is 0.600. The molecule has 88 valence electrons. The molecule has 1 fully saturated rings. The molecule has 0 bridgehead atoms. The van der Waals surface area contributed by atoms with Crippen LogP contribution >= 0.6 is 0 Å². The molecule has 2 unspecified atom stereocenters. The van der Waals surface area contributed by atoms with Crippen molar-refractivity contribution < 1.29 is 4.39 Å². The second-order valence-electron chi connectivity index (χ2n) is 4.36. The standard InChI is InChI=1S/C10H16FN5/c1-6-3-7(6)5-16(2)9-8(11)4-13-10(14-9)15-12/h4,6-7H,3,5,12H2,1-2H3,(H,13,14,15). The van der Waals surface area contributed by atoms with E-state index in [0.29, 0.717) is 11.7 Å². The predicted octanol–water partition coefficient (Wildman–Crippen LogP) is 0.994. The van der Waals surface area contributed by atoms with Crippen LogP contribution in [0, 0.1) is 17.7 Å². The number of hydrogen-bond donors (Lipinski definition) is 2. The molecule has 1 aromatic rings. The molecule has 0 spiro atoms. The summed E-state index contributed by atoms with van der Waals surface area (Å²) in [6, 6.07) is 0. The number of rotatable bonds is 4. The van der Waals surface area contributed by atoms with Gasteiger partial charge in [0.1, 0.15) is 0 Å². The van der Waals surface area contributed by atoms with Gasteiger partial charge < -0.3 is 4.90 Å². The lowest BCUT2D eigenvalue weighted by Gasteiger charge is -2.18. The molecule has 16 heavy (non-hydrogen) atoms. The van der Waals surface area contributed by atoms with Gasteiger partial charge in [-0.3, -0.25) is 5.43 Å². The van der Waals surface area contributed by atoms with Gasteiger partial charge in [0.2, 0.25) is 5.95 Å². The number of aromatic nitrogens is 2. The molecular weight excluding hydrogens is 209 g/mol. The van der Waals surface area contributed by atoms with E-state index in [1.165, 1.54) is 6.42 Å². The van der Waals surface area contributed by atoms with Gasteiger partial charge in [-0.2, -0.15) is 4.98 Å². The molecule has 1 aliphatic rings. The lowest BCUT2D eigenvalue weighted by atomic mass is 10.3. The van der Waals surface area contributed by atoms with Gasteiger partial charge in [-0.15, -0.1) is 0 Å². The summed E-state index contributed by atoms with van der Waals surface area (Å²) in [5.41, 5.74) is 2.31. The second kappa shape index (κ2) is 4.21. The first kappa shape index (κ1) is 11.1. The molecule has 1 saturated carbocycles. The number of nitrogens with zero attached hydrogens (tertiary/aromatic N) is 3. The monoisotopic (exact) mass is 225 g/mol. The maximum Gasteiger partial charge on any atom is 0.239 e. The minimum atomic E-state index is -0.421. The Morgan fingerprint density at radius 3 is 2.94 bits per heavy atom. The first-order valence-electron chi connectivity index (χ1n) is 5.32. The molecular formula is C10H16FN5. The summed E-state index contributed by atoms with van der Waals surface area (Å²) in [6.45, 7) is 3.01. The van der Waals surface area contributed by atoms with Crippen LogP contribution in [0.1, 0.15) is 13.3 Å². The molecule has 0 aliphatic heterocycles. The van der Waals surface area contributed by atoms with E-state index in [2.05, 4.69) is 22.3 Å². The maximum absolute atomic E-state index is 13.5. The number of anilines is 2. The van der Waals surface area contributed by atoms with E-state index in [4.69, 9.17) is 5.84 Å². The number of hydrogen-bond acceptors (Lipinski definition) is 5. The fourth-order valence-electron chi connectivity index (χ4n) is 1.79. The Bertz CT molecular complexity index is 383. The van der Waals surface area contributed by atoms with Crippen molar-refractivity contribution in [1.29, 1.82) is 0 Å². The van der Waals surface area contributed by atoms with E-state index in [1.807, 2.05) is 11.9 Å². The lowest BCUT2D eigenvalue weighted by Crippen LogP contribution is -2.24. The number of nitrogens with one attached hydrogen (secondary N) is 1. The first-order valence-corrected chi connectivity index (χ1v) is 5.32. The summed E-state index contributed by atoms with van der Waals surface area (Å²) in [7, 11) is 1.83. The highest BCUT2D eigenvalue weighted by Crippen LogP contribution is 2.38. The minimum Gasteiger partial charge on any atom is -0.357 e. The number of nitrogen functional groups attached to an aromatic ring is 1. The molecule has 2 rings (SSSR count). The zero-order chi connectivity index (χ0) is 11.7. The molecule has 0 saturated heterocycles. The average molecular weight is 225 g/mol. The Kier molecular flexibility index (Phi) is 2.91. The molecule has 6 heteroatoms. The van der Waals surface area contributed by atoms with Gasteiger partial charge in [-0.05, 0) is 18.3 Å². The largest absolute Gasteiger partial charge is 0.357 e. The molecule has 5 nitrogen and oxygen atoms in total. The average Bonchev–Trinajstić information content (AvgIpc) is 2.94. The van der Waals surface area contributed by atoms with E-state index in [-0.39, 0.29) is 5.95 Å². The van der Waals surface area contributed by atoms with E-state index in [0.717, 1.165) is 18.7 Å². The fourth-order valence-corrected chi connectivity index (χ4v) is 1.79. The van der Waals surface area contributed by atoms with Gasteiger partial charge in [0.15, 0.2) is 11.6 Å². The Morgan fingerprint density at radius 1 is 1.69 bits per heavy atom. The van der Waals surface area contributed by atoms with Crippen molar-refractivity contribution in [1.82, 2.24) is 9.97 Å². The smallest absolute Gasteiger partial charge is 0.239 e. The minimum absolute atomic E-state index is 0.229. The van der Waals surface area contributed by atoms with Crippen LogP contribution in [0.2, 0.25) is 0 Å². The molecule has 0 amide bonds. The van der Waals surface area contributed by atoms with E-state index < -0.39 is 5.82 Å². The number of halogens is 1. The zero-order valence-corrected chi connectivity index (χ0v) is 9.44. The van der Waals surface area contributed by atoms with Crippen molar-refractivity contribution >= 4 is 11.8 Å². The molecule has 2 atom stereocenters. The Labute approximate surface area is 93.8 Å². The summed E-state index contributed by atoms with van der Waals surface area (Å²) in [5, 5.41) is 0. The summed E-state index contributed by atoms with van der Waals surface area (Å²) in [5.74, 6) is 6.67. The van der Waals surface area contributed by atoms with Gasteiger partial charge in [-0.25, -0.2) is 15.2 Å². The van der Waals surface area contributed by atoms with Crippen molar-refractivity contribution in [2.45, 2.75) is 13.3 Å². The van der Waals surface area contributed by atoms with Crippen LogP contribution in [0.5, 0.6) is 0 Å². The summed E-state index contributed by atoms with van der Waals surface area (Å²) < 4.78 is 13.5. The van der Waals surface area contributed by atoms with E-state index in [9.17, 15) is 4.39 Å². The third-order valence-electron chi connectivity index (χ3n) is 3.00. The quantitative estimate of drug-likeness (QED) is 0.591. The Balaban J connectivity index is 2.11. The Hall–Kier alpha value is -1.43. The predicted molar refractivity (Wildman–Crippen MR) is 60.3 cm³/mol. The third kappa shape index (κ3) is 2.21. The number of nitrogens with two attached hydrogens (primary N) is 1. The highest BCUT2D eigenvalue weighted by Gasteiger charge is 2.33. The number of hydrazine groups is 1. The van der Waals surface area contributed by atoms with Gasteiger partial charge in [0.05, 0.1) is 6.20 Å². The normalized spacial score (nSPS) is 23.0. The van der Waals surface area contributed by atoms with Crippen molar-refractivity contribution in [3.8, 4) is 0 Å². The van der Waals surface area contributed by atoms with Crippen LogP contribution in [-0.2, 0) is 0 Å². The van der Waals surface area contributed by atoms with Gasteiger partial charge >= 0.3 is 0 Å². The summed E-state index contributed by atoms with van der Waals surface area (Å²) in [4.78, 5) is 9.51. The molecule has 3 N–H and O–H groups in total. The SMILES string of the molecule is CC1CC1CN(C)c1nc(NN)ncc1F. The van der Waals surface area contributed by atoms with E-state index in [1.54, 1.807) is 0 Å². The Morgan fingerprint density at radius 2 is 2.38 bits per heavy atom. The highest BCUT2D eigenvalue weighted by atomic mass is 19.1. The van der Waals surface area contributed by atoms with Crippen molar-refractivity contribution in [2.24, 2.45) is 17.7 Å². The van der Waals surface area contributed by atoms with Crippen molar-refractivity contribution in [2.75, 3.05) is 23.9 Å². The zero-order valence-electron chi connectivity index (χ0n) is 9.44. The molecule has 1 aliphatic carbocycles. The third-order valence-corrected chi connectivity index (χ3v) is 3.00. The van der Waals surface area contributed by atoms with Crippen LogP contribution in [0.3, 0.4) is 0 Å². The van der Waals surface area contributed by atoms with Crippen molar-refractivity contribution in [3.05, 3.63) is 12.0 Å². The molecule has 1 heterocycles. The topological polar surface area (TPSA) is 67.1 Å². The molecule has 1 aromatic heterocycles. The van der Waals surface area contributed by atoms with Crippen LogP contribution in [-0.4, -0.2) is 23.6 Å². The van der Waals surface area contributed by atoms with Crippen LogP contribution in [0.25, 0.3) is 0 Å². The van der Waals surface area contributed by atoms with E-state index >= 15 is 0 Å². The lowest BCUT2D eigenvalue weighted by molar-refractivity contribution is 0.602. The first-order chi connectivity index (χ1) is 7.61. The van der Waals surface area contributed by atoms with Gasteiger partial charge in [0.25, 0.3) is 0 Å². The van der Waals surface area contributed by atoms with Gasteiger partial charge in [-0.1, -0.05) is 6.92 Å². The van der Waals surface area contributed by atoms with Crippen LogP contribution in [0.15, 0.2) is 6.20 Å². The molecule has 0 radical (unpaired) electrons. The van der Waals surface area contributed by atoms with Crippen molar-refractivity contribution in [3.63, 3.8) is 0 Å². The van der Waals surface area contributed by atoms with Crippen LogP contribution < -0.4 is 16.2 Å². The second-order valence-corrected chi connectivity index (χ2v) is 4.36.